The number of para-hydroxylation sites is 4. The molecule has 0 aliphatic carbocycles. The topological polar surface area (TPSA) is 137 Å². The van der Waals surface area contributed by atoms with Crippen molar-refractivity contribution in [3.8, 4) is 29.1 Å². The first-order chi connectivity index (χ1) is 30.6. The van der Waals surface area contributed by atoms with Crippen molar-refractivity contribution in [2.45, 2.75) is 55.4 Å². The zero-order valence-corrected chi connectivity index (χ0v) is 42.3. The molecule has 0 aliphatic heterocycles. The van der Waals surface area contributed by atoms with Crippen LogP contribution in [0.1, 0.15) is 45.0 Å². The molecule has 6 heterocycles. The Bertz CT molecular complexity index is 3080. The van der Waals surface area contributed by atoms with Crippen LogP contribution >= 0.6 is 48.3 Å². The first kappa shape index (κ1) is 51.6. The van der Waals surface area contributed by atoms with E-state index in [4.69, 9.17) is 71.3 Å². The van der Waals surface area contributed by atoms with Crippen LogP contribution in [0.3, 0.4) is 0 Å². The number of nitrogens with zero attached hydrogens (tertiary/aromatic N) is 6. The maximum Gasteiger partial charge on any atom is 0.400 e. The van der Waals surface area contributed by atoms with Crippen LogP contribution in [0.2, 0.25) is 5.35 Å². The van der Waals surface area contributed by atoms with Crippen LogP contribution in [0.25, 0.3) is 22.2 Å². The smallest absolute Gasteiger partial charge is 0.400 e. The maximum atomic E-state index is 11.4. The summed E-state index contributed by atoms with van der Waals surface area (Å²) < 4.78 is 35.5. The molecule has 0 amide bonds. The van der Waals surface area contributed by atoms with Crippen LogP contribution in [0.5, 0.6) is 29.1 Å². The highest BCUT2D eigenvalue weighted by Crippen LogP contribution is 2.28. The van der Waals surface area contributed by atoms with Gasteiger partial charge in [-0.3, -0.25) is 4.79 Å². The highest BCUT2D eigenvalue weighted by atomic mass is 35.5. The molecule has 8 rings (SSSR count). The van der Waals surface area contributed by atoms with Gasteiger partial charge in [-0.25, -0.2) is 0 Å². The predicted molar refractivity (Wildman–Crippen MR) is 266 cm³/mol. The van der Waals surface area contributed by atoms with E-state index in [1.54, 1.807) is 35.4 Å². The van der Waals surface area contributed by atoms with E-state index in [0.29, 0.717) is 26.4 Å². The van der Waals surface area contributed by atoms with E-state index < -0.39 is 0 Å². The number of methoxy groups -OCH3 is 2. The molecule has 13 nitrogen and oxygen atoms in total. The number of benzene rings is 2. The van der Waals surface area contributed by atoms with Crippen molar-refractivity contribution in [1.82, 2.24) is 28.2 Å². The Balaban J connectivity index is 0.000000183. The van der Waals surface area contributed by atoms with Gasteiger partial charge in [0, 0.05) is 51.0 Å². The van der Waals surface area contributed by atoms with E-state index in [0.717, 1.165) is 60.8 Å². The fraction of sp³-hybridized carbons (Fsp3) is 0.292. The molecule has 344 valence electrons. The summed E-state index contributed by atoms with van der Waals surface area (Å²) in [5.74, 6) is 1.94. The minimum Gasteiger partial charge on any atom is -0.505 e. The Morgan fingerprint density at radius 3 is 1.45 bits per heavy atom. The molecule has 2 aromatic carbocycles. The lowest BCUT2D eigenvalue weighted by Gasteiger charge is -2.11. The van der Waals surface area contributed by atoms with E-state index >= 15 is 0 Å². The van der Waals surface area contributed by atoms with Crippen molar-refractivity contribution in [2.75, 3.05) is 14.2 Å². The van der Waals surface area contributed by atoms with E-state index in [1.165, 1.54) is 18.4 Å². The monoisotopic (exact) mass is 958 g/mol. The molecule has 0 spiro atoms. The molecule has 0 bridgehead atoms. The fourth-order valence-corrected chi connectivity index (χ4v) is 6.88. The first-order valence-electron chi connectivity index (χ1n) is 20.1. The van der Waals surface area contributed by atoms with E-state index in [2.05, 4.69) is 9.97 Å². The Morgan fingerprint density at radius 2 is 0.954 bits per heavy atom. The number of hydrogen-bond acceptors (Lipinski definition) is 12. The van der Waals surface area contributed by atoms with E-state index in [9.17, 15) is 9.90 Å². The summed E-state index contributed by atoms with van der Waals surface area (Å²) in [6, 6.07) is 22.3. The van der Waals surface area contributed by atoms with Crippen LogP contribution in [0.4, 0.5) is 0 Å². The van der Waals surface area contributed by atoms with Crippen LogP contribution in [-0.4, -0.2) is 47.6 Å². The lowest BCUT2D eigenvalue weighted by molar-refractivity contribution is 0.339. The predicted octanol–water partition coefficient (Wildman–Crippen LogP) is 12.3. The van der Waals surface area contributed by atoms with Gasteiger partial charge in [0.15, 0.2) is 34.2 Å². The maximum absolute atomic E-state index is 11.4. The lowest BCUT2D eigenvalue weighted by Crippen LogP contribution is -2.21. The average molecular weight is 960 g/mol. The number of hydrogen-bond donors (Lipinski definition) is 1. The summed E-state index contributed by atoms with van der Waals surface area (Å²) >= 11 is 21.0. The number of aromatic hydroxyl groups is 1. The molecule has 0 atom stereocenters. The molecule has 65 heavy (non-hydrogen) atoms. The Hall–Kier alpha value is -6.07. The minimum absolute atomic E-state index is 0.0828. The summed E-state index contributed by atoms with van der Waals surface area (Å²) in [4.78, 5) is 19.6. The van der Waals surface area contributed by atoms with Crippen molar-refractivity contribution in [2.24, 2.45) is 28.2 Å². The van der Waals surface area contributed by atoms with Gasteiger partial charge in [0.1, 0.15) is 25.0 Å². The second kappa shape index (κ2) is 22.7. The second-order valence-corrected chi connectivity index (χ2v) is 16.5. The first-order valence-corrected chi connectivity index (χ1v) is 21.7. The van der Waals surface area contributed by atoms with Crippen molar-refractivity contribution >= 4 is 70.5 Å². The SMILES string of the molecule is COc1cc(C)c(C)n(C)c1=O.COc1cc(C)c(C)n(C)c1=S.Cc1cc(O)c(=S)n(C)c1C.Cc1cc(Oc2nc3ccccc3o2)c(=S)n(C)c1C.Clc1nc2ccccc2o1. The highest BCUT2D eigenvalue weighted by molar-refractivity contribution is 7.71. The molecular weight excluding hydrogens is 904 g/mol. The normalized spacial score (nSPS) is 10.4. The number of fused-ring (bicyclic) bond motifs is 2. The van der Waals surface area contributed by atoms with Crippen LogP contribution in [0, 0.1) is 69.3 Å². The van der Waals surface area contributed by atoms with Crippen molar-refractivity contribution in [3.05, 3.63) is 147 Å². The molecule has 0 saturated heterocycles. The van der Waals surface area contributed by atoms with Gasteiger partial charge in [-0.2, -0.15) is 9.97 Å². The molecular formula is C48H55ClN6O7S3. The quantitative estimate of drug-likeness (QED) is 0.168. The molecule has 6 aromatic heterocycles. The molecule has 1 N–H and O–H groups in total. The third kappa shape index (κ3) is 12.6. The number of pyridine rings is 4. The van der Waals surface area contributed by atoms with Crippen molar-refractivity contribution in [1.29, 1.82) is 0 Å². The summed E-state index contributed by atoms with van der Waals surface area (Å²) in [7, 11) is 10.6. The summed E-state index contributed by atoms with van der Waals surface area (Å²) in [5, 5.41) is 9.48. The van der Waals surface area contributed by atoms with Gasteiger partial charge in [-0.05, 0) is 138 Å². The van der Waals surface area contributed by atoms with E-state index in [1.807, 2.05) is 146 Å². The summed E-state index contributed by atoms with van der Waals surface area (Å²) in [5.41, 5.74) is 11.7. The van der Waals surface area contributed by atoms with Gasteiger partial charge in [0.25, 0.3) is 10.9 Å². The zero-order valence-electron chi connectivity index (χ0n) is 39.1. The number of aromatic nitrogens is 6. The van der Waals surface area contributed by atoms with Gasteiger partial charge in [-0.1, -0.05) is 60.9 Å². The average Bonchev–Trinajstić information content (AvgIpc) is 3.89. The number of aryl methyl sites for hydroxylation is 4. The Kier molecular flexibility index (Phi) is 18.0. The molecule has 0 radical (unpaired) electrons. The molecule has 0 aliphatic rings. The third-order valence-electron chi connectivity index (χ3n) is 10.9. The minimum atomic E-state index is -0.0828. The molecule has 8 aromatic rings. The summed E-state index contributed by atoms with van der Waals surface area (Å²) in [6.07, 6.45) is 0.209. The fourth-order valence-electron chi connectivity index (χ4n) is 5.99. The van der Waals surface area contributed by atoms with Crippen LogP contribution < -0.4 is 19.8 Å². The zero-order chi connectivity index (χ0) is 48.4. The largest absolute Gasteiger partial charge is 0.505 e. The number of ether oxygens (including phenoxy) is 3. The van der Waals surface area contributed by atoms with Crippen LogP contribution in [0.15, 0.2) is 86.4 Å². The molecule has 0 fully saturated rings. The molecule has 0 unspecified atom stereocenters. The van der Waals surface area contributed by atoms with Gasteiger partial charge < -0.3 is 46.4 Å². The number of rotatable bonds is 4. The molecule has 17 heteroatoms. The second-order valence-electron chi connectivity index (χ2n) is 15.0. The third-order valence-corrected chi connectivity index (χ3v) is 12.5. The van der Waals surface area contributed by atoms with Gasteiger partial charge in [-0.15, -0.1) is 0 Å². The Morgan fingerprint density at radius 1 is 0.554 bits per heavy atom. The molecule has 0 saturated carbocycles. The van der Waals surface area contributed by atoms with Crippen LogP contribution in [-0.2, 0) is 28.2 Å². The standard InChI is InChI=1S/C15H14N2O2S.C9H13NO2.C9H13NOS.C8H11NOS.C7H4ClNO/c1-9-8-13(14(20)17(3)10(9)2)19-15-16-11-6-4-5-7-12(11)18-15;1-6-5-8(12-4)9(11)10(3)7(6)2;1-6-5-8(11-4)9(12)10(3)7(6)2;1-5-4-7(10)8(11)9(3)6(5)2;8-7-9-5-3-1-2-4-6(5)10-7/h4-8H,1-3H3;2*5H,1-4H3;4,10H,1-3H3;1-4H. The summed E-state index contributed by atoms with van der Waals surface area (Å²) in [6.45, 7) is 15.9. The Labute approximate surface area is 399 Å². The number of oxazole rings is 2. The highest BCUT2D eigenvalue weighted by Gasteiger charge is 2.12. The van der Waals surface area contributed by atoms with Crippen molar-refractivity contribution in [3.63, 3.8) is 0 Å². The van der Waals surface area contributed by atoms with E-state index in [-0.39, 0.29) is 22.7 Å². The van der Waals surface area contributed by atoms with Crippen molar-refractivity contribution < 1.29 is 28.2 Å². The van der Waals surface area contributed by atoms with Gasteiger partial charge in [0.2, 0.25) is 0 Å². The van der Waals surface area contributed by atoms with Gasteiger partial charge >= 0.3 is 6.08 Å². The number of halogens is 1. The van der Waals surface area contributed by atoms with Gasteiger partial charge in [0.05, 0.1) is 14.2 Å². The lowest BCUT2D eigenvalue weighted by atomic mass is 10.2.